The first-order valence-corrected chi connectivity index (χ1v) is 7.24. The lowest BCUT2D eigenvalue weighted by molar-refractivity contribution is -0.384. The summed E-state index contributed by atoms with van der Waals surface area (Å²) in [6, 6.07) is 10.5. The summed E-state index contributed by atoms with van der Waals surface area (Å²) in [5.41, 5.74) is 0.297. The maximum atomic E-state index is 12.3. The maximum Gasteiger partial charge on any atom is 0.338 e. The van der Waals surface area contributed by atoms with Crippen LogP contribution in [0, 0.1) is 10.1 Å². The molecule has 25 heavy (non-hydrogen) atoms. The van der Waals surface area contributed by atoms with Crippen molar-refractivity contribution in [3.63, 3.8) is 0 Å². The minimum absolute atomic E-state index is 0.00972. The standard InChI is InChI=1S/C17H16N2O6/c1-24-15-6-4-3-5-11(15)10-18-16(20)12-7-13(17(21)25-2)9-14(8-12)19(22)23/h3-9H,10H2,1-2H3,(H,18,20). The maximum absolute atomic E-state index is 12.3. The van der Waals surface area contributed by atoms with E-state index in [0.717, 1.165) is 24.8 Å². The van der Waals surface area contributed by atoms with Crippen LogP contribution in [0.1, 0.15) is 26.3 Å². The number of esters is 1. The summed E-state index contributed by atoms with van der Waals surface area (Å²) < 4.78 is 9.75. The van der Waals surface area contributed by atoms with Gasteiger partial charge in [0.15, 0.2) is 0 Å². The van der Waals surface area contributed by atoms with Gasteiger partial charge in [0.05, 0.1) is 24.7 Å². The van der Waals surface area contributed by atoms with E-state index in [4.69, 9.17) is 4.74 Å². The number of amides is 1. The van der Waals surface area contributed by atoms with Crippen LogP contribution >= 0.6 is 0 Å². The van der Waals surface area contributed by atoms with E-state index in [9.17, 15) is 19.7 Å². The summed E-state index contributed by atoms with van der Waals surface area (Å²) in [7, 11) is 2.67. The van der Waals surface area contributed by atoms with Crippen molar-refractivity contribution in [1.29, 1.82) is 0 Å². The van der Waals surface area contributed by atoms with Gasteiger partial charge < -0.3 is 14.8 Å². The highest BCUT2D eigenvalue weighted by Crippen LogP contribution is 2.19. The topological polar surface area (TPSA) is 108 Å². The number of ether oxygens (including phenoxy) is 2. The van der Waals surface area contributed by atoms with Crippen LogP contribution in [0.25, 0.3) is 0 Å². The Bertz CT molecular complexity index is 819. The number of para-hydroxylation sites is 1. The summed E-state index contributed by atoms with van der Waals surface area (Å²) in [5, 5.41) is 13.7. The van der Waals surface area contributed by atoms with E-state index in [1.165, 1.54) is 13.2 Å². The Kier molecular flexibility index (Phi) is 5.67. The van der Waals surface area contributed by atoms with Crippen molar-refractivity contribution >= 4 is 17.6 Å². The van der Waals surface area contributed by atoms with E-state index < -0.39 is 16.8 Å². The Labute approximate surface area is 143 Å². The fourth-order valence-electron chi connectivity index (χ4n) is 2.21. The zero-order valence-corrected chi connectivity index (χ0v) is 13.6. The summed E-state index contributed by atoms with van der Waals surface area (Å²) in [5.74, 6) is -0.709. The van der Waals surface area contributed by atoms with Gasteiger partial charge in [0.2, 0.25) is 0 Å². The third kappa shape index (κ3) is 4.31. The normalized spacial score (nSPS) is 10.0. The smallest absolute Gasteiger partial charge is 0.338 e. The van der Waals surface area contributed by atoms with E-state index in [2.05, 4.69) is 10.1 Å². The van der Waals surface area contributed by atoms with Crippen molar-refractivity contribution in [3.8, 4) is 5.75 Å². The third-order valence-electron chi connectivity index (χ3n) is 3.44. The molecule has 1 amide bonds. The number of nitrogens with one attached hydrogen (secondary N) is 1. The molecule has 0 aliphatic rings. The first-order valence-electron chi connectivity index (χ1n) is 7.24. The Hall–Kier alpha value is -3.42. The number of rotatable bonds is 6. The van der Waals surface area contributed by atoms with Crippen LogP contribution in [0.5, 0.6) is 5.75 Å². The van der Waals surface area contributed by atoms with E-state index in [0.29, 0.717) is 5.75 Å². The highest BCUT2D eigenvalue weighted by Gasteiger charge is 2.18. The van der Waals surface area contributed by atoms with Crippen molar-refractivity contribution in [1.82, 2.24) is 5.32 Å². The number of non-ortho nitro benzene ring substituents is 1. The number of nitro groups is 1. The SMILES string of the molecule is COC(=O)c1cc(C(=O)NCc2ccccc2OC)cc([N+](=O)[O-])c1. The van der Waals surface area contributed by atoms with Gasteiger partial charge in [-0.15, -0.1) is 0 Å². The molecule has 130 valence electrons. The van der Waals surface area contributed by atoms with Crippen molar-refractivity contribution in [2.24, 2.45) is 0 Å². The van der Waals surface area contributed by atoms with Gasteiger partial charge in [0.1, 0.15) is 5.75 Å². The average Bonchev–Trinajstić information content (AvgIpc) is 2.65. The number of methoxy groups -OCH3 is 2. The molecule has 1 N–H and O–H groups in total. The second-order valence-electron chi connectivity index (χ2n) is 5.01. The molecule has 0 aliphatic heterocycles. The molecule has 8 heteroatoms. The molecule has 0 aliphatic carbocycles. The number of benzene rings is 2. The van der Waals surface area contributed by atoms with Gasteiger partial charge in [0.25, 0.3) is 11.6 Å². The molecule has 0 radical (unpaired) electrons. The number of nitrogens with zero attached hydrogens (tertiary/aromatic N) is 1. The van der Waals surface area contributed by atoms with Crippen LogP contribution < -0.4 is 10.1 Å². The van der Waals surface area contributed by atoms with Crippen molar-refractivity contribution in [2.45, 2.75) is 6.54 Å². The average molecular weight is 344 g/mol. The van der Waals surface area contributed by atoms with Gasteiger partial charge in [-0.1, -0.05) is 18.2 Å². The molecular weight excluding hydrogens is 328 g/mol. The fourth-order valence-corrected chi connectivity index (χ4v) is 2.21. The highest BCUT2D eigenvalue weighted by molar-refractivity contribution is 5.98. The zero-order chi connectivity index (χ0) is 18.4. The van der Waals surface area contributed by atoms with E-state index in [1.54, 1.807) is 24.3 Å². The van der Waals surface area contributed by atoms with Crippen LogP contribution in [0.2, 0.25) is 0 Å². The summed E-state index contributed by atoms with van der Waals surface area (Å²) in [4.78, 5) is 34.3. The summed E-state index contributed by atoms with van der Waals surface area (Å²) in [6.45, 7) is 0.166. The molecule has 0 saturated heterocycles. The van der Waals surface area contributed by atoms with Gasteiger partial charge >= 0.3 is 5.97 Å². The van der Waals surface area contributed by atoms with Crippen LogP contribution in [0.3, 0.4) is 0 Å². The van der Waals surface area contributed by atoms with Crippen LogP contribution in [0.4, 0.5) is 5.69 Å². The molecule has 0 bridgehead atoms. The number of carbonyl (C=O) groups is 2. The van der Waals surface area contributed by atoms with Crippen LogP contribution in [-0.2, 0) is 11.3 Å². The molecule has 0 fully saturated rings. The lowest BCUT2D eigenvalue weighted by Gasteiger charge is -2.10. The largest absolute Gasteiger partial charge is 0.496 e. The molecule has 2 rings (SSSR count). The second-order valence-corrected chi connectivity index (χ2v) is 5.01. The van der Waals surface area contributed by atoms with Crippen molar-refractivity contribution in [2.75, 3.05) is 14.2 Å². The molecule has 0 atom stereocenters. The molecule has 0 spiro atoms. The summed E-state index contributed by atoms with van der Waals surface area (Å²) in [6.07, 6.45) is 0. The van der Waals surface area contributed by atoms with Crippen LogP contribution in [-0.4, -0.2) is 31.0 Å². The quantitative estimate of drug-likeness (QED) is 0.489. The van der Waals surface area contributed by atoms with E-state index in [-0.39, 0.29) is 23.4 Å². The molecule has 2 aromatic carbocycles. The minimum Gasteiger partial charge on any atom is -0.496 e. The first kappa shape index (κ1) is 17.9. The predicted molar refractivity (Wildman–Crippen MR) is 88.6 cm³/mol. The van der Waals surface area contributed by atoms with Crippen molar-refractivity contribution in [3.05, 3.63) is 69.3 Å². The highest BCUT2D eigenvalue weighted by atomic mass is 16.6. The number of hydrogen-bond acceptors (Lipinski definition) is 6. The number of nitro benzene ring substituents is 1. The Morgan fingerprint density at radius 3 is 2.44 bits per heavy atom. The van der Waals surface area contributed by atoms with Gasteiger partial charge in [-0.2, -0.15) is 0 Å². The number of hydrogen-bond donors (Lipinski definition) is 1. The molecule has 0 unspecified atom stereocenters. The van der Waals surface area contributed by atoms with E-state index in [1.807, 2.05) is 0 Å². The lowest BCUT2D eigenvalue weighted by Crippen LogP contribution is -2.23. The molecule has 2 aromatic rings. The second kappa shape index (κ2) is 7.91. The number of carbonyl (C=O) groups excluding carboxylic acids is 2. The van der Waals surface area contributed by atoms with E-state index >= 15 is 0 Å². The predicted octanol–water partition coefficient (Wildman–Crippen LogP) is 2.32. The molecule has 8 nitrogen and oxygen atoms in total. The zero-order valence-electron chi connectivity index (χ0n) is 13.6. The Morgan fingerprint density at radius 2 is 1.80 bits per heavy atom. The first-order chi connectivity index (χ1) is 12.0. The van der Waals surface area contributed by atoms with Gasteiger partial charge in [0, 0.05) is 29.8 Å². The van der Waals surface area contributed by atoms with Gasteiger partial charge in [-0.05, 0) is 12.1 Å². The van der Waals surface area contributed by atoms with Gasteiger partial charge in [-0.25, -0.2) is 4.79 Å². The minimum atomic E-state index is -0.762. The summed E-state index contributed by atoms with van der Waals surface area (Å²) >= 11 is 0. The van der Waals surface area contributed by atoms with Gasteiger partial charge in [-0.3, -0.25) is 14.9 Å². The molecule has 0 saturated carbocycles. The fraction of sp³-hybridized carbons (Fsp3) is 0.176. The monoisotopic (exact) mass is 344 g/mol. The molecule has 0 heterocycles. The lowest BCUT2D eigenvalue weighted by atomic mass is 10.1. The third-order valence-corrected chi connectivity index (χ3v) is 3.44. The Morgan fingerprint density at radius 1 is 1.12 bits per heavy atom. The van der Waals surface area contributed by atoms with Crippen molar-refractivity contribution < 1.29 is 24.0 Å². The molecular formula is C17H16N2O6. The molecule has 0 aromatic heterocycles. The Balaban J connectivity index is 2.24. The van der Waals surface area contributed by atoms with Crippen LogP contribution in [0.15, 0.2) is 42.5 Å².